The number of hydrogen-bond donors (Lipinski definition) is 1. The molecule has 1 unspecified atom stereocenters. The summed E-state index contributed by atoms with van der Waals surface area (Å²) in [6.45, 7) is -0.126. The Bertz CT molecular complexity index is 874. The summed E-state index contributed by atoms with van der Waals surface area (Å²) in [5, 5.41) is 9.01. The number of ether oxygens (including phenoxy) is 1. The molecule has 1 fully saturated rings. The highest BCUT2D eigenvalue weighted by Crippen LogP contribution is 2.35. The molecule has 138 valence electrons. The van der Waals surface area contributed by atoms with E-state index in [-0.39, 0.29) is 49.0 Å². The molecule has 1 aromatic heterocycles. The maximum absolute atomic E-state index is 14.3. The topological polar surface area (TPSA) is 71.8 Å². The number of rotatable bonds is 5. The highest BCUT2D eigenvalue weighted by molar-refractivity contribution is 5.96. The van der Waals surface area contributed by atoms with Crippen molar-refractivity contribution in [2.75, 3.05) is 25.2 Å². The number of amides is 1. The fourth-order valence-corrected chi connectivity index (χ4v) is 3.22. The van der Waals surface area contributed by atoms with Crippen LogP contribution in [0.5, 0.6) is 5.75 Å². The Labute approximate surface area is 148 Å². The Hall–Kier alpha value is -2.74. The van der Waals surface area contributed by atoms with E-state index in [0.29, 0.717) is 0 Å². The van der Waals surface area contributed by atoms with Gasteiger partial charge >= 0.3 is 0 Å². The molecule has 2 heterocycles. The van der Waals surface area contributed by atoms with E-state index < -0.39 is 23.1 Å². The Kier molecular flexibility index (Phi) is 5.03. The lowest BCUT2D eigenvalue weighted by atomic mass is 9.97. The third kappa shape index (κ3) is 3.20. The van der Waals surface area contributed by atoms with E-state index in [9.17, 15) is 18.4 Å². The number of aliphatic hydroxyl groups is 1. The van der Waals surface area contributed by atoms with Crippen molar-refractivity contribution in [3.05, 3.63) is 58.0 Å². The second-order valence-corrected chi connectivity index (χ2v) is 6.03. The minimum atomic E-state index is -0.785. The molecular weight excluding hydrogens is 346 g/mol. The van der Waals surface area contributed by atoms with Crippen molar-refractivity contribution in [1.29, 1.82) is 0 Å². The molecule has 26 heavy (non-hydrogen) atoms. The molecule has 0 radical (unpaired) electrons. The molecule has 0 bridgehead atoms. The number of hydrogen-bond acceptors (Lipinski definition) is 4. The highest BCUT2D eigenvalue weighted by atomic mass is 19.1. The van der Waals surface area contributed by atoms with Crippen LogP contribution in [0, 0.1) is 11.6 Å². The van der Waals surface area contributed by atoms with Crippen LogP contribution in [0.25, 0.3) is 0 Å². The number of aliphatic hydroxyl groups excluding tert-OH is 1. The van der Waals surface area contributed by atoms with Crippen LogP contribution in [0.3, 0.4) is 0 Å². The summed E-state index contributed by atoms with van der Waals surface area (Å²) in [4.78, 5) is 26.1. The zero-order valence-electron chi connectivity index (χ0n) is 14.1. The minimum Gasteiger partial charge on any atom is -0.497 e. The molecule has 1 saturated heterocycles. The van der Waals surface area contributed by atoms with E-state index in [2.05, 4.69) is 0 Å². The van der Waals surface area contributed by atoms with Gasteiger partial charge in [0.1, 0.15) is 23.1 Å². The van der Waals surface area contributed by atoms with Crippen molar-refractivity contribution in [2.45, 2.75) is 18.9 Å². The number of pyridine rings is 1. The van der Waals surface area contributed by atoms with Gasteiger partial charge in [0, 0.05) is 49.3 Å². The van der Waals surface area contributed by atoms with Crippen molar-refractivity contribution in [3.63, 3.8) is 0 Å². The Morgan fingerprint density at radius 2 is 1.96 bits per heavy atom. The fourth-order valence-electron chi connectivity index (χ4n) is 3.22. The molecule has 3 rings (SSSR count). The zero-order valence-corrected chi connectivity index (χ0v) is 14.1. The van der Waals surface area contributed by atoms with Gasteiger partial charge in [0.15, 0.2) is 0 Å². The zero-order chi connectivity index (χ0) is 18.8. The van der Waals surface area contributed by atoms with Gasteiger partial charge in [-0.15, -0.1) is 0 Å². The van der Waals surface area contributed by atoms with Crippen LogP contribution in [0.1, 0.15) is 17.9 Å². The van der Waals surface area contributed by atoms with Crippen LogP contribution in [0.2, 0.25) is 0 Å². The number of nitrogens with zero attached hydrogens (tertiary/aromatic N) is 2. The smallest absolute Gasteiger partial charge is 0.274 e. The van der Waals surface area contributed by atoms with Gasteiger partial charge in [-0.05, 0) is 12.1 Å². The molecule has 0 saturated carbocycles. The van der Waals surface area contributed by atoms with Gasteiger partial charge in [-0.3, -0.25) is 9.59 Å². The summed E-state index contributed by atoms with van der Waals surface area (Å²) in [5.41, 5.74) is -0.498. The predicted octanol–water partition coefficient (Wildman–Crippen LogP) is 1.65. The van der Waals surface area contributed by atoms with Crippen LogP contribution in [0.15, 0.2) is 35.3 Å². The molecule has 1 aliphatic heterocycles. The first kappa shape index (κ1) is 18.1. The predicted molar refractivity (Wildman–Crippen MR) is 90.4 cm³/mol. The van der Waals surface area contributed by atoms with Crippen molar-refractivity contribution >= 4 is 11.6 Å². The molecule has 6 nitrogen and oxygen atoms in total. The first-order valence-corrected chi connectivity index (χ1v) is 8.10. The van der Waals surface area contributed by atoms with Gasteiger partial charge in [0.25, 0.3) is 5.56 Å². The monoisotopic (exact) mass is 364 g/mol. The van der Waals surface area contributed by atoms with E-state index in [1.165, 1.54) is 28.8 Å². The molecule has 1 aromatic carbocycles. The van der Waals surface area contributed by atoms with Gasteiger partial charge < -0.3 is 19.3 Å². The van der Waals surface area contributed by atoms with Crippen LogP contribution < -0.4 is 15.2 Å². The lowest BCUT2D eigenvalue weighted by Crippen LogP contribution is -2.33. The molecule has 1 N–H and O–H groups in total. The molecule has 1 aliphatic rings. The second-order valence-electron chi connectivity index (χ2n) is 6.03. The number of carbonyl (C=O) groups is 1. The van der Waals surface area contributed by atoms with E-state index in [4.69, 9.17) is 9.84 Å². The van der Waals surface area contributed by atoms with Crippen LogP contribution in [-0.2, 0) is 11.3 Å². The molecule has 1 amide bonds. The molecule has 8 heteroatoms. The Morgan fingerprint density at radius 3 is 2.58 bits per heavy atom. The molecule has 2 aromatic rings. The van der Waals surface area contributed by atoms with Crippen LogP contribution >= 0.6 is 0 Å². The first-order valence-electron chi connectivity index (χ1n) is 8.10. The Morgan fingerprint density at radius 1 is 1.27 bits per heavy atom. The van der Waals surface area contributed by atoms with Gasteiger partial charge in [0.05, 0.1) is 13.7 Å². The average molecular weight is 364 g/mol. The van der Waals surface area contributed by atoms with Gasteiger partial charge in [-0.1, -0.05) is 0 Å². The largest absolute Gasteiger partial charge is 0.497 e. The summed E-state index contributed by atoms with van der Waals surface area (Å²) in [6.07, 6.45) is 1.40. The maximum Gasteiger partial charge on any atom is 0.274 e. The van der Waals surface area contributed by atoms with E-state index >= 15 is 0 Å². The summed E-state index contributed by atoms with van der Waals surface area (Å²) in [5.74, 6) is -2.61. The highest BCUT2D eigenvalue weighted by Gasteiger charge is 2.36. The minimum absolute atomic E-state index is 0.00260. The summed E-state index contributed by atoms with van der Waals surface area (Å²) < 4.78 is 34.7. The van der Waals surface area contributed by atoms with Crippen molar-refractivity contribution in [1.82, 2.24) is 4.57 Å². The number of benzene rings is 1. The summed E-state index contributed by atoms with van der Waals surface area (Å²) >= 11 is 0. The third-order valence-corrected chi connectivity index (χ3v) is 4.45. The normalized spacial score (nSPS) is 17.0. The second kappa shape index (κ2) is 7.25. The van der Waals surface area contributed by atoms with E-state index in [1.54, 1.807) is 6.07 Å². The SMILES string of the molecule is COc1cc(F)c(C2CC(=O)N(c3cccn(CCO)c3=O)C2)c(F)c1. The van der Waals surface area contributed by atoms with Crippen LogP contribution in [0.4, 0.5) is 14.5 Å². The van der Waals surface area contributed by atoms with E-state index in [1.807, 2.05) is 0 Å². The fraction of sp³-hybridized carbons (Fsp3) is 0.333. The maximum atomic E-state index is 14.3. The number of anilines is 1. The first-order chi connectivity index (χ1) is 12.5. The lowest BCUT2D eigenvalue weighted by Gasteiger charge is -2.18. The van der Waals surface area contributed by atoms with Crippen molar-refractivity contribution in [2.24, 2.45) is 0 Å². The number of methoxy groups -OCH3 is 1. The van der Waals surface area contributed by atoms with Crippen molar-refractivity contribution < 1.29 is 23.4 Å². The Balaban J connectivity index is 1.93. The van der Waals surface area contributed by atoms with Gasteiger partial charge in [-0.2, -0.15) is 0 Å². The number of halogens is 2. The van der Waals surface area contributed by atoms with E-state index in [0.717, 1.165) is 12.1 Å². The summed E-state index contributed by atoms with van der Waals surface area (Å²) in [6, 6.07) is 5.21. The standard InChI is InChI=1S/C18H18F2N2O4/c1-26-12-8-13(19)17(14(20)9-12)11-7-16(24)22(10-11)15-3-2-4-21(5-6-23)18(15)25/h2-4,8-9,11,23H,5-7,10H2,1H3. The van der Waals surface area contributed by atoms with Crippen molar-refractivity contribution in [3.8, 4) is 5.75 Å². The molecule has 0 spiro atoms. The number of aromatic nitrogens is 1. The van der Waals surface area contributed by atoms with Gasteiger partial charge in [-0.25, -0.2) is 8.78 Å². The molecule has 1 atom stereocenters. The number of carbonyl (C=O) groups excluding carboxylic acids is 1. The lowest BCUT2D eigenvalue weighted by molar-refractivity contribution is -0.117. The quantitative estimate of drug-likeness (QED) is 0.876. The van der Waals surface area contributed by atoms with Crippen LogP contribution in [-0.4, -0.2) is 35.8 Å². The summed E-state index contributed by atoms with van der Waals surface area (Å²) in [7, 11) is 1.31. The average Bonchev–Trinajstić information content (AvgIpc) is 2.97. The van der Waals surface area contributed by atoms with Gasteiger partial charge in [0.2, 0.25) is 5.91 Å². The third-order valence-electron chi connectivity index (χ3n) is 4.45. The molecule has 0 aliphatic carbocycles. The molecular formula is C18H18F2N2O4.